The maximum atomic E-state index is 12.5. The third-order valence-electron chi connectivity index (χ3n) is 12.5. The summed E-state index contributed by atoms with van der Waals surface area (Å²) in [6, 6.07) is 45.4. The van der Waals surface area contributed by atoms with Crippen molar-refractivity contribution in [2.24, 2.45) is 0 Å². The molecular weight excluding hydrogens is 1160 g/mol. The van der Waals surface area contributed by atoms with Gasteiger partial charge in [-0.3, -0.25) is 29.3 Å². The minimum Gasteiger partial charge on any atom is -0.507 e. The molecule has 3 aromatic heterocycles. The van der Waals surface area contributed by atoms with Crippen LogP contribution in [0, 0.1) is 27.7 Å². The molecule has 91 heavy (non-hydrogen) atoms. The van der Waals surface area contributed by atoms with Gasteiger partial charge in [0.2, 0.25) is 0 Å². The van der Waals surface area contributed by atoms with Crippen LogP contribution >= 0.6 is 0 Å². The van der Waals surface area contributed by atoms with Crippen molar-refractivity contribution in [3.8, 4) is 23.0 Å². The van der Waals surface area contributed by atoms with Gasteiger partial charge in [-0.05, 0) is 160 Å². The lowest BCUT2D eigenvalue weighted by atomic mass is 10.1. The third-order valence-corrected chi connectivity index (χ3v) is 12.5. The Kier molecular flexibility index (Phi) is 29.6. The molecule has 0 aliphatic rings. The number of benzene rings is 6. The molecule has 0 saturated heterocycles. The zero-order valence-electron chi connectivity index (χ0n) is 51.0. The van der Waals surface area contributed by atoms with E-state index in [-0.39, 0.29) is 68.9 Å². The maximum absolute atomic E-state index is 12.5. The SMILES string of the molecule is C.C.Cc1cc(N)c2c(OCC(C)(C)NC(=O)c3ccccc3)cccc2n1.Cc1cc(N)c2c(OCC(C)(C)NC(=O)c3ccccc3O)cccc2n1.Cc1ccc(C(=O)NC(C)(C)COc2cccc3nc(C)cc(N)c23)cc1.O=C=O.O=C=O.O=C=O. The van der Waals surface area contributed by atoms with Crippen molar-refractivity contribution in [2.75, 3.05) is 37.0 Å². The molecule has 22 nitrogen and oxygen atoms in total. The average Bonchev–Trinajstić information content (AvgIpc) is 0.868. The van der Waals surface area contributed by atoms with Crippen LogP contribution in [-0.2, 0) is 28.8 Å². The fourth-order valence-corrected chi connectivity index (χ4v) is 8.60. The van der Waals surface area contributed by atoms with E-state index in [1.165, 1.54) is 6.07 Å². The van der Waals surface area contributed by atoms with Crippen molar-refractivity contribution < 1.29 is 62.5 Å². The minimum atomic E-state index is -0.672. The lowest BCUT2D eigenvalue weighted by Crippen LogP contribution is -2.47. The lowest BCUT2D eigenvalue weighted by Gasteiger charge is -2.27. The second-order valence-corrected chi connectivity index (χ2v) is 21.9. The first-order valence-corrected chi connectivity index (χ1v) is 27.3. The van der Waals surface area contributed by atoms with Crippen molar-refractivity contribution in [1.82, 2.24) is 30.9 Å². The number of nitrogens with zero attached hydrogens (tertiary/aromatic N) is 3. The van der Waals surface area contributed by atoms with Crippen molar-refractivity contribution in [3.63, 3.8) is 0 Å². The summed E-state index contributed by atoms with van der Waals surface area (Å²) < 4.78 is 18.0. The molecule has 3 heterocycles. The highest BCUT2D eigenvalue weighted by Gasteiger charge is 2.26. The molecule has 9 aromatic rings. The highest BCUT2D eigenvalue weighted by Crippen LogP contribution is 2.34. The predicted molar refractivity (Wildman–Crippen MR) is 348 cm³/mol. The summed E-state index contributed by atoms with van der Waals surface area (Å²) in [5.41, 5.74) is 26.1. The number of aromatic hydroxyl groups is 1. The molecule has 0 unspecified atom stereocenters. The Morgan fingerprint density at radius 2 is 0.725 bits per heavy atom. The standard InChI is InChI=1S/C22H25N3O2.C21H23N3O3.C21H23N3O2.3CO2.2CH4/c1-14-8-10-16(11-9-14)21(26)25-22(3,4)13-27-19-7-5-6-18-20(19)17(23)12-15(2)24-18;1-13-11-15(22)19-16(23-13)8-6-10-18(19)27-12-21(2,3)24-20(26)14-7-4-5-9-17(14)25;1-14-12-16(22)19-17(23-14)10-7-11-18(19)26-13-21(2,3)24-20(25)15-8-5-4-6-9-15;3*2-1-3;;/h5-12H,13H2,1-4H3,(H2,23,24)(H,25,26);4-11,25H,12H2,1-3H3,(H2,22,23)(H,24,26);4-12H,13H2,1-3H3,(H2,22,23)(H,24,25);;;;2*1H4. The Bertz CT molecular complexity index is 3980. The van der Waals surface area contributed by atoms with E-state index >= 15 is 0 Å². The molecule has 0 aliphatic heterocycles. The number of anilines is 3. The summed E-state index contributed by atoms with van der Waals surface area (Å²) >= 11 is 0. The summed E-state index contributed by atoms with van der Waals surface area (Å²) in [5.74, 6) is 1.26. The number of hydrogen-bond donors (Lipinski definition) is 7. The van der Waals surface area contributed by atoms with Gasteiger partial charge in [0.25, 0.3) is 17.7 Å². The number of phenolic OH excluding ortho intramolecular Hbond substituents is 1. The second-order valence-electron chi connectivity index (χ2n) is 21.9. The zero-order valence-corrected chi connectivity index (χ0v) is 51.0. The van der Waals surface area contributed by atoms with Crippen molar-refractivity contribution in [1.29, 1.82) is 0 Å². The van der Waals surface area contributed by atoms with Gasteiger partial charge in [-0.1, -0.05) is 81.1 Å². The first-order chi connectivity index (χ1) is 42.1. The van der Waals surface area contributed by atoms with E-state index in [0.29, 0.717) is 58.7 Å². The van der Waals surface area contributed by atoms with Crippen LogP contribution in [0.5, 0.6) is 23.0 Å². The van der Waals surface area contributed by atoms with Crippen molar-refractivity contribution in [3.05, 3.63) is 191 Å². The summed E-state index contributed by atoms with van der Waals surface area (Å²) in [6.45, 7) is 19.9. The number of rotatable bonds is 15. The molecule has 6 aromatic carbocycles. The number of fused-ring (bicyclic) bond motifs is 3. The number of nitrogens with two attached hydrogens (primary N) is 3. The summed E-state index contributed by atoms with van der Waals surface area (Å²) in [6.07, 6.45) is 0.750. The van der Waals surface area contributed by atoms with E-state index in [2.05, 4.69) is 30.9 Å². The molecule has 3 amide bonds. The Labute approximate surface area is 528 Å². The van der Waals surface area contributed by atoms with Crippen LogP contribution < -0.4 is 47.4 Å². The number of aryl methyl sites for hydroxylation is 4. The number of hydrogen-bond acceptors (Lipinski definition) is 19. The van der Waals surface area contributed by atoms with Crippen LogP contribution in [0.25, 0.3) is 32.7 Å². The summed E-state index contributed by atoms with van der Waals surface area (Å²) in [5, 5.41) is 21.1. The smallest absolute Gasteiger partial charge is 0.373 e. The number of amides is 3. The van der Waals surface area contributed by atoms with Crippen molar-refractivity contribution >= 4 is 85.9 Å². The van der Waals surface area contributed by atoms with Gasteiger partial charge >= 0.3 is 18.5 Å². The normalized spacial score (nSPS) is 10.3. The van der Waals surface area contributed by atoms with E-state index in [1.54, 1.807) is 36.4 Å². The molecule has 0 atom stereocenters. The van der Waals surface area contributed by atoms with Gasteiger partial charge in [-0.15, -0.1) is 0 Å². The highest BCUT2D eigenvalue weighted by molar-refractivity contribution is 5.99. The van der Waals surface area contributed by atoms with E-state index < -0.39 is 16.6 Å². The minimum absolute atomic E-state index is 0. The molecule has 0 saturated carbocycles. The lowest BCUT2D eigenvalue weighted by molar-refractivity contribution is -0.193. The molecule has 478 valence electrons. The molecule has 0 radical (unpaired) electrons. The first kappa shape index (κ1) is 75.8. The largest absolute Gasteiger partial charge is 0.507 e. The number of carbonyl (C=O) groups excluding carboxylic acids is 9. The number of para-hydroxylation sites is 1. The average molecular weight is 1240 g/mol. The fourth-order valence-electron chi connectivity index (χ4n) is 8.60. The Morgan fingerprint density at radius 3 is 1.05 bits per heavy atom. The Morgan fingerprint density at radius 1 is 0.429 bits per heavy atom. The quantitative estimate of drug-likeness (QED) is 0.0501. The van der Waals surface area contributed by atoms with E-state index in [1.807, 2.05) is 178 Å². The van der Waals surface area contributed by atoms with Crippen LogP contribution in [0.2, 0.25) is 0 Å². The first-order valence-electron chi connectivity index (χ1n) is 27.3. The predicted octanol–water partition coefficient (Wildman–Crippen LogP) is 10.7. The number of pyridine rings is 3. The van der Waals surface area contributed by atoms with E-state index in [0.717, 1.165) is 55.4 Å². The number of aromatic nitrogens is 3. The zero-order chi connectivity index (χ0) is 66.1. The number of nitrogens with one attached hydrogen (secondary N) is 3. The maximum Gasteiger partial charge on any atom is 0.373 e. The molecule has 0 aliphatic carbocycles. The van der Waals surface area contributed by atoms with Crippen LogP contribution in [-0.4, -0.2) is 92.7 Å². The van der Waals surface area contributed by atoms with Gasteiger partial charge in [-0.25, -0.2) is 0 Å². The Hall–Kier alpha value is -11.3. The monoisotopic (exact) mass is 1240 g/mol. The molecule has 9 rings (SSSR count). The molecule has 0 bridgehead atoms. The van der Waals surface area contributed by atoms with Crippen LogP contribution in [0.3, 0.4) is 0 Å². The van der Waals surface area contributed by atoms with Crippen LogP contribution in [0.15, 0.2) is 152 Å². The van der Waals surface area contributed by atoms with Gasteiger partial charge in [-0.2, -0.15) is 28.8 Å². The molecule has 0 fully saturated rings. The van der Waals surface area contributed by atoms with E-state index in [4.69, 9.17) is 60.2 Å². The van der Waals surface area contributed by atoms with Crippen LogP contribution in [0.4, 0.5) is 17.1 Å². The van der Waals surface area contributed by atoms with Gasteiger partial charge < -0.3 is 52.5 Å². The molecular formula is C69H79N9O13. The highest BCUT2D eigenvalue weighted by atomic mass is 16.5. The van der Waals surface area contributed by atoms with E-state index in [9.17, 15) is 19.5 Å². The topological polar surface area (TPSA) is 354 Å². The van der Waals surface area contributed by atoms with Gasteiger partial charge in [0.15, 0.2) is 0 Å². The Balaban J connectivity index is 0.000000431. The molecule has 10 N–H and O–H groups in total. The second kappa shape index (κ2) is 35.5. The molecule has 0 spiro atoms. The number of ether oxygens (including phenoxy) is 3. The van der Waals surface area contributed by atoms with Gasteiger partial charge in [0.05, 0.1) is 54.9 Å². The third kappa shape index (κ3) is 23.4. The number of nitrogen functional groups attached to an aromatic ring is 3. The van der Waals surface area contributed by atoms with Crippen molar-refractivity contribution in [2.45, 2.75) is 101 Å². The number of phenols is 1. The van der Waals surface area contributed by atoms with Gasteiger partial charge in [0.1, 0.15) is 42.8 Å². The molecule has 22 heteroatoms. The van der Waals surface area contributed by atoms with Crippen LogP contribution in [0.1, 0.15) is 110 Å². The fraction of sp³-hybridized carbons (Fsp3) is 0.261. The summed E-state index contributed by atoms with van der Waals surface area (Å²) in [4.78, 5) is 99.5. The summed E-state index contributed by atoms with van der Waals surface area (Å²) in [7, 11) is 0. The van der Waals surface area contributed by atoms with Gasteiger partial charge in [0, 0.05) is 45.3 Å². The number of carbonyl (C=O) groups is 3.